The van der Waals surface area contributed by atoms with Gasteiger partial charge in [-0.1, -0.05) is 30.3 Å². The lowest BCUT2D eigenvalue weighted by Crippen LogP contribution is -2.18. The highest BCUT2D eigenvalue weighted by Gasteiger charge is 2.03. The van der Waals surface area contributed by atoms with Crippen LogP contribution in [0.25, 0.3) is 21.9 Å². The second-order valence-corrected chi connectivity index (χ2v) is 6.30. The Hall–Kier alpha value is -3.05. The van der Waals surface area contributed by atoms with Gasteiger partial charge in [0.25, 0.3) is 0 Å². The van der Waals surface area contributed by atoms with E-state index in [0.717, 1.165) is 47.6 Å². The van der Waals surface area contributed by atoms with Crippen LogP contribution >= 0.6 is 0 Å². The molecule has 0 aliphatic carbocycles. The summed E-state index contributed by atoms with van der Waals surface area (Å²) in [6.07, 6.45) is 0.940. The SMILES string of the molecule is O=c1cc(NCCCNCc2cc3ccccc3o2)[nH]c2ccccc12. The van der Waals surface area contributed by atoms with E-state index in [1.807, 2.05) is 42.5 Å². The maximum absolute atomic E-state index is 12.1. The van der Waals surface area contributed by atoms with E-state index in [1.54, 1.807) is 6.07 Å². The van der Waals surface area contributed by atoms with Crippen molar-refractivity contribution in [1.82, 2.24) is 10.3 Å². The molecule has 0 spiro atoms. The first kappa shape index (κ1) is 16.4. The standard InChI is InChI=1S/C21H21N3O2/c25-19-13-21(24-18-8-3-2-7-17(18)19)23-11-5-10-22-14-16-12-15-6-1-4-9-20(15)26-16/h1-4,6-9,12-13,22H,5,10-11,14H2,(H2,23,24,25). The third-order valence-corrected chi connectivity index (χ3v) is 4.36. The highest BCUT2D eigenvalue weighted by atomic mass is 16.3. The Morgan fingerprint density at radius 3 is 2.73 bits per heavy atom. The number of fused-ring (bicyclic) bond motifs is 2. The molecule has 5 heteroatoms. The summed E-state index contributed by atoms with van der Waals surface area (Å²) in [5.74, 6) is 1.70. The lowest BCUT2D eigenvalue weighted by atomic mass is 10.2. The first-order chi connectivity index (χ1) is 12.8. The molecule has 0 unspecified atom stereocenters. The van der Waals surface area contributed by atoms with Crippen molar-refractivity contribution >= 4 is 27.7 Å². The Morgan fingerprint density at radius 2 is 1.81 bits per heavy atom. The Labute approximate surface area is 151 Å². The Morgan fingerprint density at radius 1 is 0.962 bits per heavy atom. The molecule has 0 amide bonds. The Kier molecular flexibility index (Phi) is 4.71. The molecule has 0 radical (unpaired) electrons. The molecule has 2 heterocycles. The molecule has 0 aliphatic heterocycles. The third kappa shape index (κ3) is 3.63. The number of furan rings is 1. The van der Waals surface area contributed by atoms with Crippen LogP contribution in [0.5, 0.6) is 0 Å². The van der Waals surface area contributed by atoms with Crippen LogP contribution in [0.4, 0.5) is 5.82 Å². The maximum atomic E-state index is 12.1. The molecular formula is C21H21N3O2. The quantitative estimate of drug-likeness (QED) is 0.444. The van der Waals surface area contributed by atoms with E-state index in [4.69, 9.17) is 4.42 Å². The number of para-hydroxylation sites is 2. The van der Waals surface area contributed by atoms with Crippen LogP contribution in [0.1, 0.15) is 12.2 Å². The topological polar surface area (TPSA) is 70.1 Å². The van der Waals surface area contributed by atoms with Crippen LogP contribution < -0.4 is 16.1 Å². The van der Waals surface area contributed by atoms with E-state index >= 15 is 0 Å². The predicted octanol–water partition coefficient (Wildman–Crippen LogP) is 3.87. The summed E-state index contributed by atoms with van der Waals surface area (Å²) in [6, 6.07) is 19.2. The normalized spacial score (nSPS) is 11.2. The molecule has 3 N–H and O–H groups in total. The predicted molar refractivity (Wildman–Crippen MR) is 106 cm³/mol. The number of rotatable bonds is 7. The summed E-state index contributed by atoms with van der Waals surface area (Å²) in [6.45, 7) is 2.35. The van der Waals surface area contributed by atoms with Gasteiger partial charge in [0.2, 0.25) is 0 Å². The summed E-state index contributed by atoms with van der Waals surface area (Å²) >= 11 is 0. The minimum absolute atomic E-state index is 0.0323. The molecule has 0 aliphatic rings. The fraction of sp³-hybridized carbons (Fsp3) is 0.190. The third-order valence-electron chi connectivity index (χ3n) is 4.36. The van der Waals surface area contributed by atoms with Gasteiger partial charge in [0, 0.05) is 23.4 Å². The molecule has 2 aromatic heterocycles. The number of H-pyrrole nitrogens is 1. The van der Waals surface area contributed by atoms with Crippen molar-refractivity contribution < 1.29 is 4.42 Å². The zero-order valence-electron chi connectivity index (χ0n) is 14.4. The molecule has 132 valence electrons. The van der Waals surface area contributed by atoms with Crippen LogP contribution in [0, 0.1) is 0 Å². The van der Waals surface area contributed by atoms with E-state index in [0.29, 0.717) is 11.9 Å². The number of benzene rings is 2. The second-order valence-electron chi connectivity index (χ2n) is 6.30. The number of aromatic amines is 1. The van der Waals surface area contributed by atoms with Crippen molar-refractivity contribution in [1.29, 1.82) is 0 Å². The van der Waals surface area contributed by atoms with Crippen LogP contribution in [-0.2, 0) is 6.54 Å². The van der Waals surface area contributed by atoms with Gasteiger partial charge in [-0.2, -0.15) is 0 Å². The minimum Gasteiger partial charge on any atom is -0.460 e. The second kappa shape index (κ2) is 7.45. The largest absolute Gasteiger partial charge is 0.460 e. The zero-order valence-corrected chi connectivity index (χ0v) is 14.4. The van der Waals surface area contributed by atoms with Gasteiger partial charge in [-0.15, -0.1) is 0 Å². The lowest BCUT2D eigenvalue weighted by Gasteiger charge is -2.08. The molecule has 4 aromatic rings. The zero-order chi connectivity index (χ0) is 17.8. The number of nitrogens with one attached hydrogen (secondary N) is 3. The Balaban J connectivity index is 1.24. The van der Waals surface area contributed by atoms with E-state index in [9.17, 15) is 4.79 Å². The van der Waals surface area contributed by atoms with Crippen molar-refractivity contribution in [3.63, 3.8) is 0 Å². The lowest BCUT2D eigenvalue weighted by molar-refractivity contribution is 0.512. The van der Waals surface area contributed by atoms with Gasteiger partial charge in [-0.3, -0.25) is 4.79 Å². The van der Waals surface area contributed by atoms with Crippen molar-refractivity contribution in [2.24, 2.45) is 0 Å². The molecular weight excluding hydrogens is 326 g/mol. The molecule has 26 heavy (non-hydrogen) atoms. The maximum Gasteiger partial charge on any atom is 0.191 e. The van der Waals surface area contributed by atoms with E-state index in [1.165, 1.54) is 0 Å². The van der Waals surface area contributed by atoms with Gasteiger partial charge < -0.3 is 20.0 Å². The molecule has 0 bridgehead atoms. The van der Waals surface area contributed by atoms with Gasteiger partial charge >= 0.3 is 0 Å². The Bertz CT molecular complexity index is 1050. The summed E-state index contributed by atoms with van der Waals surface area (Å²) in [7, 11) is 0. The number of aromatic nitrogens is 1. The first-order valence-electron chi connectivity index (χ1n) is 8.84. The van der Waals surface area contributed by atoms with E-state index in [2.05, 4.69) is 27.8 Å². The molecule has 0 saturated heterocycles. The summed E-state index contributed by atoms with van der Waals surface area (Å²) in [5.41, 5.74) is 1.81. The van der Waals surface area contributed by atoms with Crippen molar-refractivity contribution in [3.05, 3.63) is 76.6 Å². The van der Waals surface area contributed by atoms with Crippen LogP contribution in [0.3, 0.4) is 0 Å². The number of hydrogen-bond acceptors (Lipinski definition) is 4. The molecule has 0 fully saturated rings. The van der Waals surface area contributed by atoms with Gasteiger partial charge in [-0.25, -0.2) is 0 Å². The van der Waals surface area contributed by atoms with Crippen LogP contribution in [0.2, 0.25) is 0 Å². The van der Waals surface area contributed by atoms with Crippen molar-refractivity contribution in [2.45, 2.75) is 13.0 Å². The van der Waals surface area contributed by atoms with Crippen LogP contribution in [0.15, 0.2) is 69.9 Å². The molecule has 0 atom stereocenters. The summed E-state index contributed by atoms with van der Waals surface area (Å²) < 4.78 is 5.78. The van der Waals surface area contributed by atoms with Crippen molar-refractivity contribution in [3.8, 4) is 0 Å². The summed E-state index contributed by atoms with van der Waals surface area (Å²) in [4.78, 5) is 15.3. The monoisotopic (exact) mass is 347 g/mol. The van der Waals surface area contributed by atoms with Gasteiger partial charge in [0.15, 0.2) is 5.43 Å². The summed E-state index contributed by atoms with van der Waals surface area (Å²) in [5, 5.41) is 8.51. The van der Waals surface area contributed by atoms with E-state index < -0.39 is 0 Å². The first-order valence-corrected chi connectivity index (χ1v) is 8.84. The van der Waals surface area contributed by atoms with Gasteiger partial charge in [0.1, 0.15) is 17.2 Å². The fourth-order valence-corrected chi connectivity index (χ4v) is 3.06. The van der Waals surface area contributed by atoms with E-state index in [-0.39, 0.29) is 5.43 Å². The average Bonchev–Trinajstić information content (AvgIpc) is 3.07. The molecule has 0 saturated carbocycles. The smallest absolute Gasteiger partial charge is 0.191 e. The minimum atomic E-state index is 0.0323. The fourth-order valence-electron chi connectivity index (χ4n) is 3.06. The number of hydrogen-bond donors (Lipinski definition) is 3. The van der Waals surface area contributed by atoms with Gasteiger partial charge in [-0.05, 0) is 37.2 Å². The van der Waals surface area contributed by atoms with Gasteiger partial charge in [0.05, 0.1) is 12.1 Å². The highest BCUT2D eigenvalue weighted by molar-refractivity contribution is 5.80. The molecule has 4 rings (SSSR count). The van der Waals surface area contributed by atoms with Crippen molar-refractivity contribution in [2.75, 3.05) is 18.4 Å². The average molecular weight is 347 g/mol. The molecule has 2 aromatic carbocycles. The highest BCUT2D eigenvalue weighted by Crippen LogP contribution is 2.18. The van der Waals surface area contributed by atoms with Crippen LogP contribution in [-0.4, -0.2) is 18.1 Å². The number of anilines is 1. The molecule has 5 nitrogen and oxygen atoms in total. The number of pyridine rings is 1.